The molecule has 0 fully saturated rings. The van der Waals surface area contributed by atoms with Crippen LogP contribution in [0.5, 0.6) is 0 Å². The number of halogens is 1. The molecule has 1 heterocycles. The van der Waals surface area contributed by atoms with Crippen LogP contribution in [0.2, 0.25) is 5.02 Å². The lowest BCUT2D eigenvalue weighted by Crippen LogP contribution is -2.27. The fourth-order valence-corrected chi connectivity index (χ4v) is 3.89. The summed E-state index contributed by atoms with van der Waals surface area (Å²) in [4.78, 5) is 16.3. The van der Waals surface area contributed by atoms with E-state index in [2.05, 4.69) is 22.3 Å². The highest BCUT2D eigenvalue weighted by Crippen LogP contribution is 2.28. The smallest absolute Gasteiger partial charge is 0.233 e. The molecule has 0 atom stereocenters. The monoisotopic (exact) mass is 429 g/mol. The lowest BCUT2D eigenvalue weighted by atomic mass is 10.2. The third kappa shape index (κ3) is 5.10. The molecule has 0 saturated carbocycles. The van der Waals surface area contributed by atoms with Crippen molar-refractivity contribution in [3.05, 3.63) is 59.1 Å². The van der Waals surface area contributed by atoms with Gasteiger partial charge in [-0.3, -0.25) is 4.79 Å². The van der Waals surface area contributed by atoms with E-state index in [9.17, 15) is 4.79 Å². The maximum Gasteiger partial charge on any atom is 0.233 e. The Morgan fingerprint density at radius 2 is 1.76 bits per heavy atom. The van der Waals surface area contributed by atoms with Gasteiger partial charge in [0.15, 0.2) is 11.0 Å². The second-order valence-corrected chi connectivity index (χ2v) is 8.29. The highest BCUT2D eigenvalue weighted by molar-refractivity contribution is 7.99. The molecule has 0 N–H and O–H groups in total. The van der Waals surface area contributed by atoms with Crippen LogP contribution < -0.4 is 4.90 Å². The van der Waals surface area contributed by atoms with Crippen LogP contribution in [0, 0.1) is 0 Å². The summed E-state index contributed by atoms with van der Waals surface area (Å²) in [6.45, 7) is 0.566. The summed E-state index contributed by atoms with van der Waals surface area (Å²) in [6, 6.07) is 15.7. The van der Waals surface area contributed by atoms with Gasteiger partial charge in [0.25, 0.3) is 0 Å². The van der Waals surface area contributed by atoms with Crippen molar-refractivity contribution < 1.29 is 4.79 Å². The molecule has 6 nitrogen and oxygen atoms in total. The third-order valence-corrected chi connectivity index (χ3v) is 5.91. The van der Waals surface area contributed by atoms with Gasteiger partial charge in [0.2, 0.25) is 5.91 Å². The predicted molar refractivity (Wildman–Crippen MR) is 119 cm³/mol. The number of aromatic nitrogens is 3. The summed E-state index contributed by atoms with van der Waals surface area (Å²) in [5, 5.41) is 9.75. The number of anilines is 1. The Morgan fingerprint density at radius 1 is 1.07 bits per heavy atom. The number of rotatable bonds is 7. The molecule has 0 bridgehead atoms. The first-order valence-corrected chi connectivity index (χ1v) is 10.5. The molecule has 0 saturated heterocycles. The molecule has 0 radical (unpaired) electrons. The molecule has 0 spiro atoms. The van der Waals surface area contributed by atoms with Crippen molar-refractivity contribution in [2.75, 3.05) is 31.8 Å². The van der Waals surface area contributed by atoms with E-state index in [0.29, 0.717) is 28.3 Å². The lowest BCUT2D eigenvalue weighted by Gasteiger charge is -2.18. The van der Waals surface area contributed by atoms with Crippen LogP contribution in [-0.2, 0) is 18.4 Å². The number of carbonyl (C=O) groups excluding carboxylic acids is 1. The summed E-state index contributed by atoms with van der Waals surface area (Å²) in [5.74, 6) is 1.01. The van der Waals surface area contributed by atoms with Crippen LogP contribution in [0.1, 0.15) is 5.56 Å². The van der Waals surface area contributed by atoms with Gasteiger partial charge in [-0.05, 0) is 29.8 Å². The molecule has 3 rings (SSSR count). The molecule has 0 aliphatic heterocycles. The second-order valence-electron chi connectivity index (χ2n) is 6.94. The molecule has 152 valence electrons. The molecule has 0 unspecified atom stereocenters. The van der Waals surface area contributed by atoms with E-state index >= 15 is 0 Å². The Balaban J connectivity index is 1.60. The highest BCUT2D eigenvalue weighted by Gasteiger charge is 2.16. The van der Waals surface area contributed by atoms with E-state index in [-0.39, 0.29) is 5.91 Å². The van der Waals surface area contributed by atoms with Gasteiger partial charge in [-0.25, -0.2) is 0 Å². The van der Waals surface area contributed by atoms with Crippen molar-refractivity contribution in [3.8, 4) is 11.4 Å². The van der Waals surface area contributed by atoms with Crippen LogP contribution in [0.4, 0.5) is 5.69 Å². The number of hydrogen-bond acceptors (Lipinski definition) is 5. The topological polar surface area (TPSA) is 54.3 Å². The molecule has 0 aliphatic rings. The van der Waals surface area contributed by atoms with Crippen molar-refractivity contribution in [1.29, 1.82) is 0 Å². The Kier molecular flexibility index (Phi) is 6.82. The number of carbonyl (C=O) groups is 1. The van der Waals surface area contributed by atoms with Gasteiger partial charge in [-0.1, -0.05) is 47.6 Å². The van der Waals surface area contributed by atoms with Crippen molar-refractivity contribution in [1.82, 2.24) is 19.7 Å². The van der Waals surface area contributed by atoms with Gasteiger partial charge in [0, 0.05) is 46.0 Å². The molecule has 29 heavy (non-hydrogen) atoms. The van der Waals surface area contributed by atoms with E-state index in [0.717, 1.165) is 16.8 Å². The number of amides is 1. The largest absolute Gasteiger partial charge is 0.378 e. The number of nitrogens with zero attached hydrogens (tertiary/aromatic N) is 5. The van der Waals surface area contributed by atoms with E-state index in [1.54, 1.807) is 4.90 Å². The zero-order chi connectivity index (χ0) is 21.0. The van der Waals surface area contributed by atoms with Crippen LogP contribution in [0.15, 0.2) is 53.7 Å². The minimum absolute atomic E-state index is 0.0361. The van der Waals surface area contributed by atoms with E-state index < -0.39 is 0 Å². The summed E-state index contributed by atoms with van der Waals surface area (Å²) in [6.07, 6.45) is 0. The van der Waals surface area contributed by atoms with Crippen LogP contribution >= 0.6 is 23.4 Å². The first-order valence-electron chi connectivity index (χ1n) is 9.14. The fourth-order valence-electron chi connectivity index (χ4n) is 2.82. The van der Waals surface area contributed by atoms with Gasteiger partial charge >= 0.3 is 0 Å². The van der Waals surface area contributed by atoms with Gasteiger partial charge < -0.3 is 14.4 Å². The number of benzene rings is 2. The van der Waals surface area contributed by atoms with Crippen molar-refractivity contribution in [2.45, 2.75) is 11.7 Å². The molecule has 2 aromatic carbocycles. The van der Waals surface area contributed by atoms with Crippen LogP contribution in [0.25, 0.3) is 11.4 Å². The van der Waals surface area contributed by atoms with Gasteiger partial charge in [0.05, 0.1) is 10.8 Å². The first kappa shape index (κ1) is 21.2. The summed E-state index contributed by atoms with van der Waals surface area (Å²) >= 11 is 7.63. The first-order chi connectivity index (χ1) is 13.9. The Hall–Kier alpha value is -2.51. The zero-order valence-corrected chi connectivity index (χ0v) is 18.5. The Bertz CT molecular complexity index is 987. The summed E-state index contributed by atoms with van der Waals surface area (Å²) in [5.41, 5.74) is 3.05. The number of thioether (sulfide) groups is 1. The molecule has 1 amide bonds. The van der Waals surface area contributed by atoms with Crippen molar-refractivity contribution >= 4 is 35.0 Å². The average molecular weight is 430 g/mol. The van der Waals surface area contributed by atoms with Gasteiger partial charge in [0.1, 0.15) is 0 Å². The predicted octanol–water partition coefficient (Wildman–Crippen LogP) is 3.95. The third-order valence-electron chi connectivity index (χ3n) is 4.57. The Labute approximate surface area is 180 Å². The minimum atomic E-state index is 0.0361. The number of hydrogen-bond donors (Lipinski definition) is 0. The lowest BCUT2D eigenvalue weighted by molar-refractivity contribution is -0.127. The Morgan fingerprint density at radius 3 is 2.41 bits per heavy atom. The van der Waals surface area contributed by atoms with Gasteiger partial charge in [-0.2, -0.15) is 0 Å². The maximum absolute atomic E-state index is 12.6. The van der Waals surface area contributed by atoms with E-state index in [1.807, 2.05) is 74.1 Å². The average Bonchev–Trinajstić information content (AvgIpc) is 3.07. The van der Waals surface area contributed by atoms with Crippen molar-refractivity contribution in [2.24, 2.45) is 7.05 Å². The van der Waals surface area contributed by atoms with Crippen LogP contribution in [0.3, 0.4) is 0 Å². The molecule has 8 heteroatoms. The van der Waals surface area contributed by atoms with Crippen molar-refractivity contribution in [3.63, 3.8) is 0 Å². The normalized spacial score (nSPS) is 10.8. The quantitative estimate of drug-likeness (QED) is 0.532. The molecule has 3 aromatic rings. The van der Waals surface area contributed by atoms with Gasteiger partial charge in [-0.15, -0.1) is 10.2 Å². The summed E-state index contributed by atoms with van der Waals surface area (Å²) < 4.78 is 1.86. The molecular formula is C21H24ClN5OS. The molecule has 0 aliphatic carbocycles. The molecular weight excluding hydrogens is 406 g/mol. The van der Waals surface area contributed by atoms with Crippen LogP contribution in [-0.4, -0.2) is 52.5 Å². The fraction of sp³-hybridized carbons (Fsp3) is 0.286. The SMILES string of the molecule is CN(Cc1ccc(N(C)C)cc1)C(=O)CSc1nnc(-c2ccccc2Cl)n1C. The van der Waals surface area contributed by atoms with E-state index in [1.165, 1.54) is 11.8 Å². The second kappa shape index (κ2) is 9.33. The minimum Gasteiger partial charge on any atom is -0.378 e. The standard InChI is InChI=1S/C21H24ClN5OS/c1-25(2)16-11-9-15(10-12-16)13-26(3)19(28)14-29-21-24-23-20(27(21)4)17-7-5-6-8-18(17)22/h5-12H,13-14H2,1-4H3. The summed E-state index contributed by atoms with van der Waals surface area (Å²) in [7, 11) is 7.70. The van der Waals surface area contributed by atoms with E-state index in [4.69, 9.17) is 11.6 Å². The molecule has 1 aromatic heterocycles. The zero-order valence-electron chi connectivity index (χ0n) is 17.0. The maximum atomic E-state index is 12.6. The highest BCUT2D eigenvalue weighted by atomic mass is 35.5.